The largest absolute Gasteiger partial charge is 0.309 e. The number of rotatable bonds is 3. The van der Waals surface area contributed by atoms with Crippen LogP contribution in [0.5, 0.6) is 0 Å². The van der Waals surface area contributed by atoms with E-state index in [1.54, 1.807) is 0 Å². The van der Waals surface area contributed by atoms with Crippen molar-refractivity contribution in [2.45, 2.75) is 6.42 Å². The summed E-state index contributed by atoms with van der Waals surface area (Å²) in [6.07, 6.45) is 0.826. The van der Waals surface area contributed by atoms with Gasteiger partial charge in [-0.15, -0.1) is 0 Å². The third-order valence-electron chi connectivity index (χ3n) is 3.99. The van der Waals surface area contributed by atoms with E-state index in [2.05, 4.69) is 82.2 Å². The van der Waals surface area contributed by atoms with Crippen LogP contribution < -0.4 is 10.3 Å². The van der Waals surface area contributed by atoms with Crippen LogP contribution in [0.3, 0.4) is 0 Å². The summed E-state index contributed by atoms with van der Waals surface area (Å²) in [5, 5.41) is 7.01. The van der Waals surface area contributed by atoms with Gasteiger partial charge in [0.15, 0.2) is 0 Å². The fourth-order valence-electron chi connectivity index (χ4n) is 2.86. The van der Waals surface area contributed by atoms with E-state index in [4.69, 9.17) is 0 Å². The number of hydrogen-bond acceptors (Lipinski definition) is 3. The minimum atomic E-state index is 0.729. The zero-order chi connectivity index (χ0) is 14.8. The predicted molar refractivity (Wildman–Crippen MR) is 92.0 cm³/mol. The second-order valence-electron chi connectivity index (χ2n) is 5.47. The molecule has 0 bridgehead atoms. The number of nitrogens with one attached hydrogen (secondary N) is 1. The van der Waals surface area contributed by atoms with Gasteiger partial charge in [0.1, 0.15) is 12.5 Å². The van der Waals surface area contributed by atoms with Crippen molar-refractivity contribution in [2.24, 2.45) is 5.10 Å². The molecule has 108 valence electrons. The zero-order valence-corrected chi connectivity index (χ0v) is 12.2. The Morgan fingerprint density at radius 3 is 2.50 bits per heavy atom. The molecule has 0 amide bonds. The molecular formula is C19H17N3. The van der Waals surface area contributed by atoms with Crippen LogP contribution in [0.15, 0.2) is 77.9 Å². The van der Waals surface area contributed by atoms with Crippen LogP contribution in [0, 0.1) is 0 Å². The molecule has 4 rings (SSSR count). The molecule has 0 atom stereocenters. The minimum Gasteiger partial charge on any atom is -0.309 e. The van der Waals surface area contributed by atoms with Crippen molar-refractivity contribution < 1.29 is 0 Å². The number of benzene rings is 3. The van der Waals surface area contributed by atoms with E-state index in [-0.39, 0.29) is 0 Å². The number of amidine groups is 1. The molecule has 0 fully saturated rings. The summed E-state index contributed by atoms with van der Waals surface area (Å²) in [6.45, 7) is 0.729. The molecular weight excluding hydrogens is 270 g/mol. The lowest BCUT2D eigenvalue weighted by Gasteiger charge is -2.19. The topological polar surface area (TPSA) is 27.6 Å². The maximum Gasteiger partial charge on any atom is 0.135 e. The molecule has 1 aliphatic heterocycles. The van der Waals surface area contributed by atoms with Crippen LogP contribution in [-0.4, -0.2) is 12.5 Å². The Balaban J connectivity index is 1.61. The third kappa shape index (κ3) is 2.42. The quantitative estimate of drug-likeness (QED) is 0.794. The molecule has 1 aliphatic rings. The second-order valence-corrected chi connectivity index (χ2v) is 5.47. The van der Waals surface area contributed by atoms with Crippen molar-refractivity contribution in [2.75, 3.05) is 11.6 Å². The molecule has 1 heterocycles. The van der Waals surface area contributed by atoms with E-state index in [9.17, 15) is 0 Å². The van der Waals surface area contributed by atoms with Gasteiger partial charge in [-0.05, 0) is 28.5 Å². The van der Waals surface area contributed by atoms with Crippen LogP contribution in [0.2, 0.25) is 0 Å². The maximum atomic E-state index is 4.46. The van der Waals surface area contributed by atoms with E-state index in [1.807, 2.05) is 6.07 Å². The van der Waals surface area contributed by atoms with Crippen LogP contribution in [0.1, 0.15) is 5.56 Å². The normalized spacial score (nSPS) is 14.0. The van der Waals surface area contributed by atoms with Gasteiger partial charge < -0.3 is 4.90 Å². The Morgan fingerprint density at radius 2 is 1.64 bits per heavy atom. The monoisotopic (exact) mass is 287 g/mol. The van der Waals surface area contributed by atoms with Crippen molar-refractivity contribution in [3.05, 3.63) is 78.4 Å². The first kappa shape index (κ1) is 12.9. The van der Waals surface area contributed by atoms with Gasteiger partial charge >= 0.3 is 0 Å². The molecule has 0 saturated carbocycles. The maximum absolute atomic E-state index is 4.46. The Kier molecular flexibility index (Phi) is 3.24. The number of hydrazone groups is 1. The standard InChI is InChI=1S/C19H17N3/c1-2-8-18(9-3-1)22-14-20-21-19(22)13-15-10-11-16-6-4-5-7-17(16)12-15/h1-12,20H,13-14H2. The van der Waals surface area contributed by atoms with Gasteiger partial charge in [-0.3, -0.25) is 5.43 Å². The fraction of sp³-hybridized carbons (Fsp3) is 0.105. The molecule has 0 saturated heterocycles. The van der Waals surface area contributed by atoms with E-state index < -0.39 is 0 Å². The Bertz CT molecular complexity index is 824. The highest BCUT2D eigenvalue weighted by molar-refractivity contribution is 6.00. The lowest BCUT2D eigenvalue weighted by atomic mass is 10.0. The fourth-order valence-corrected chi connectivity index (χ4v) is 2.86. The summed E-state index contributed by atoms with van der Waals surface area (Å²) >= 11 is 0. The molecule has 3 aromatic rings. The number of hydrogen-bond donors (Lipinski definition) is 1. The van der Waals surface area contributed by atoms with Crippen LogP contribution in [0.25, 0.3) is 10.8 Å². The Hall–Kier alpha value is -2.81. The van der Waals surface area contributed by atoms with E-state index >= 15 is 0 Å². The summed E-state index contributed by atoms with van der Waals surface area (Å²) in [4.78, 5) is 2.22. The number of nitrogens with zero attached hydrogens (tertiary/aromatic N) is 2. The molecule has 0 spiro atoms. The molecule has 0 radical (unpaired) electrons. The minimum absolute atomic E-state index is 0.729. The third-order valence-corrected chi connectivity index (χ3v) is 3.99. The number of para-hydroxylation sites is 1. The molecule has 1 N–H and O–H groups in total. The van der Waals surface area contributed by atoms with E-state index in [0.717, 1.165) is 18.9 Å². The smallest absolute Gasteiger partial charge is 0.135 e. The second kappa shape index (κ2) is 5.53. The van der Waals surface area contributed by atoms with Gasteiger partial charge in [0.05, 0.1) is 0 Å². The van der Waals surface area contributed by atoms with Crippen LogP contribution >= 0.6 is 0 Å². The van der Waals surface area contributed by atoms with E-state index in [0.29, 0.717) is 0 Å². The van der Waals surface area contributed by atoms with Gasteiger partial charge in [0.25, 0.3) is 0 Å². The van der Waals surface area contributed by atoms with Crippen molar-refractivity contribution in [1.82, 2.24) is 5.43 Å². The average Bonchev–Trinajstić information content (AvgIpc) is 3.04. The first-order valence-corrected chi connectivity index (χ1v) is 7.50. The highest BCUT2D eigenvalue weighted by Gasteiger charge is 2.18. The average molecular weight is 287 g/mol. The molecule has 22 heavy (non-hydrogen) atoms. The zero-order valence-electron chi connectivity index (χ0n) is 12.2. The van der Waals surface area contributed by atoms with E-state index in [1.165, 1.54) is 22.0 Å². The molecule has 3 heteroatoms. The first-order chi connectivity index (χ1) is 10.9. The van der Waals surface area contributed by atoms with Gasteiger partial charge in [-0.2, -0.15) is 5.10 Å². The van der Waals surface area contributed by atoms with Crippen LogP contribution in [-0.2, 0) is 6.42 Å². The van der Waals surface area contributed by atoms with Crippen LogP contribution in [0.4, 0.5) is 5.69 Å². The summed E-state index contributed by atoms with van der Waals surface area (Å²) < 4.78 is 0. The van der Waals surface area contributed by atoms with Crippen molar-refractivity contribution >= 4 is 22.3 Å². The summed E-state index contributed by atoms with van der Waals surface area (Å²) in [6, 6.07) is 25.4. The van der Waals surface area contributed by atoms with Crippen molar-refractivity contribution in [3.8, 4) is 0 Å². The van der Waals surface area contributed by atoms with Gasteiger partial charge in [0, 0.05) is 12.1 Å². The molecule has 0 aromatic heterocycles. The highest BCUT2D eigenvalue weighted by atomic mass is 15.5. The van der Waals surface area contributed by atoms with Crippen molar-refractivity contribution in [3.63, 3.8) is 0 Å². The highest BCUT2D eigenvalue weighted by Crippen LogP contribution is 2.20. The van der Waals surface area contributed by atoms with Gasteiger partial charge in [-0.1, -0.05) is 60.7 Å². The molecule has 0 aliphatic carbocycles. The number of fused-ring (bicyclic) bond motifs is 1. The predicted octanol–water partition coefficient (Wildman–Crippen LogP) is 3.76. The number of anilines is 1. The Morgan fingerprint density at radius 1 is 0.864 bits per heavy atom. The lowest BCUT2D eigenvalue weighted by Crippen LogP contribution is -2.30. The molecule has 3 nitrogen and oxygen atoms in total. The Labute approximate surface area is 129 Å². The summed E-state index contributed by atoms with van der Waals surface area (Å²) in [5.74, 6) is 1.06. The van der Waals surface area contributed by atoms with Gasteiger partial charge in [-0.25, -0.2) is 0 Å². The SMILES string of the molecule is c1ccc(N2CNN=C2Cc2ccc3ccccc3c2)cc1. The molecule has 0 unspecified atom stereocenters. The summed E-state index contributed by atoms with van der Waals surface area (Å²) in [5.41, 5.74) is 5.55. The lowest BCUT2D eigenvalue weighted by molar-refractivity contribution is 0.807. The van der Waals surface area contributed by atoms with Gasteiger partial charge in [0.2, 0.25) is 0 Å². The molecule has 3 aromatic carbocycles. The summed E-state index contributed by atoms with van der Waals surface area (Å²) in [7, 11) is 0. The first-order valence-electron chi connectivity index (χ1n) is 7.50. The van der Waals surface area contributed by atoms with Crippen molar-refractivity contribution in [1.29, 1.82) is 0 Å².